The van der Waals surface area contributed by atoms with Gasteiger partial charge in [0, 0.05) is 39.2 Å². The van der Waals surface area contributed by atoms with Gasteiger partial charge in [-0.15, -0.1) is 0 Å². The molecule has 5 nitrogen and oxygen atoms in total. The molecule has 1 aromatic carbocycles. The minimum Gasteiger partial charge on any atom is -0.550 e. The van der Waals surface area contributed by atoms with Crippen LogP contribution in [0.4, 0.5) is 13.2 Å². The van der Waals surface area contributed by atoms with E-state index in [0.717, 1.165) is 12.1 Å². The number of carbonyl (C=O) groups is 1. The molecular weight excluding hydrogens is 303 g/mol. The van der Waals surface area contributed by atoms with E-state index in [9.17, 15) is 23.1 Å². The van der Waals surface area contributed by atoms with E-state index >= 15 is 0 Å². The van der Waals surface area contributed by atoms with E-state index in [1.807, 2.05) is 0 Å². The summed E-state index contributed by atoms with van der Waals surface area (Å²) in [6, 6.07) is 3.64. The van der Waals surface area contributed by atoms with Crippen LogP contribution >= 0.6 is 0 Å². The van der Waals surface area contributed by atoms with Gasteiger partial charge in [-0.25, -0.2) is 0 Å². The van der Waals surface area contributed by atoms with Crippen LogP contribution < -0.4 is 10.4 Å². The molecule has 0 aliphatic rings. The minimum absolute atomic E-state index is 0.112. The molecule has 0 aliphatic carbocycles. The van der Waals surface area contributed by atoms with Crippen LogP contribution in [0.5, 0.6) is 0 Å². The number of aliphatic carboxylic acids is 1. The largest absolute Gasteiger partial charge is 0.550 e. The number of halogens is 3. The minimum atomic E-state index is -4.50. The van der Waals surface area contributed by atoms with Gasteiger partial charge in [-0.3, -0.25) is 0 Å². The summed E-state index contributed by atoms with van der Waals surface area (Å²) in [4.78, 5) is 10.8. The number of hydrogen-bond donors (Lipinski definition) is 1. The first-order valence-corrected chi connectivity index (χ1v) is 6.44. The van der Waals surface area contributed by atoms with Crippen LogP contribution in [-0.4, -0.2) is 33.0 Å². The molecule has 0 amide bonds. The molecule has 124 valence electrons. The highest BCUT2D eigenvalue weighted by Crippen LogP contribution is 2.31. The second-order valence-corrected chi connectivity index (χ2v) is 4.56. The molecule has 0 aromatic heterocycles. The fraction of sp³-hybridized carbons (Fsp3) is 0.500. The highest BCUT2D eigenvalue weighted by Gasteiger charge is 2.31. The Morgan fingerprint density at radius 2 is 1.95 bits per heavy atom. The number of ether oxygens (including phenoxy) is 2. The number of benzene rings is 1. The second kappa shape index (κ2) is 8.11. The van der Waals surface area contributed by atoms with Crippen molar-refractivity contribution in [1.82, 2.24) is 5.32 Å². The standard InChI is InChI=1S/C14H18F3NO4/c1-21-13(22-2)8-18-11(7-12(19)20)9-4-3-5-10(6-9)14(15,16)17/h3-6,11,13,18H,7-8H2,1-2H3,(H,19,20)/p-1. The maximum absolute atomic E-state index is 12.7. The van der Waals surface area contributed by atoms with Crippen LogP contribution in [0.1, 0.15) is 23.6 Å². The molecule has 1 rings (SSSR count). The molecule has 1 N–H and O–H groups in total. The lowest BCUT2D eigenvalue weighted by Crippen LogP contribution is -2.36. The number of carboxylic acids is 1. The summed E-state index contributed by atoms with van der Waals surface area (Å²) < 4.78 is 48.1. The molecule has 1 unspecified atom stereocenters. The first-order valence-electron chi connectivity index (χ1n) is 6.44. The quantitative estimate of drug-likeness (QED) is 0.726. The van der Waals surface area contributed by atoms with Crippen molar-refractivity contribution in [2.75, 3.05) is 20.8 Å². The van der Waals surface area contributed by atoms with E-state index in [4.69, 9.17) is 9.47 Å². The predicted octanol–water partition coefficient (Wildman–Crippen LogP) is 1.10. The number of nitrogens with one attached hydrogen (secondary N) is 1. The Balaban J connectivity index is 2.94. The summed E-state index contributed by atoms with van der Waals surface area (Å²) in [5, 5.41) is 13.6. The summed E-state index contributed by atoms with van der Waals surface area (Å²) >= 11 is 0. The molecule has 0 saturated heterocycles. The Hall–Kier alpha value is -1.64. The average molecular weight is 320 g/mol. The molecule has 0 bridgehead atoms. The first-order chi connectivity index (χ1) is 10.3. The number of methoxy groups -OCH3 is 2. The number of carboxylic acid groups (broad SMARTS) is 1. The third kappa shape index (κ3) is 5.63. The maximum Gasteiger partial charge on any atom is 0.416 e. The van der Waals surface area contributed by atoms with E-state index in [1.165, 1.54) is 26.4 Å². The Kier molecular flexibility index (Phi) is 6.79. The first kappa shape index (κ1) is 18.4. The molecule has 1 atom stereocenters. The molecule has 0 aliphatic heterocycles. The molecule has 0 saturated carbocycles. The van der Waals surface area contributed by atoms with Crippen molar-refractivity contribution < 1.29 is 32.5 Å². The van der Waals surface area contributed by atoms with E-state index in [2.05, 4.69) is 5.32 Å². The van der Waals surface area contributed by atoms with Gasteiger partial charge in [0.25, 0.3) is 0 Å². The van der Waals surface area contributed by atoms with E-state index in [0.29, 0.717) is 0 Å². The van der Waals surface area contributed by atoms with Crippen molar-refractivity contribution >= 4 is 5.97 Å². The van der Waals surface area contributed by atoms with Crippen molar-refractivity contribution in [3.63, 3.8) is 0 Å². The highest BCUT2D eigenvalue weighted by atomic mass is 19.4. The predicted molar refractivity (Wildman–Crippen MR) is 69.6 cm³/mol. The van der Waals surface area contributed by atoms with Crippen LogP contribution in [-0.2, 0) is 20.4 Å². The van der Waals surface area contributed by atoms with E-state index in [1.54, 1.807) is 0 Å². The fourth-order valence-electron chi connectivity index (χ4n) is 1.91. The Morgan fingerprint density at radius 3 is 2.45 bits per heavy atom. The molecule has 0 radical (unpaired) electrons. The summed E-state index contributed by atoms with van der Waals surface area (Å²) in [6.07, 6.45) is -5.61. The van der Waals surface area contributed by atoms with Gasteiger partial charge in [-0.05, 0) is 17.7 Å². The van der Waals surface area contributed by atoms with Crippen molar-refractivity contribution in [1.29, 1.82) is 0 Å². The van der Waals surface area contributed by atoms with Crippen LogP contribution in [0.15, 0.2) is 24.3 Å². The normalized spacial score (nSPS) is 13.4. The van der Waals surface area contributed by atoms with Gasteiger partial charge in [0.05, 0.1) is 5.56 Å². The lowest BCUT2D eigenvalue weighted by Gasteiger charge is -2.23. The molecular formula is C14H17F3NO4-. The van der Waals surface area contributed by atoms with Crippen molar-refractivity contribution in [3.05, 3.63) is 35.4 Å². The number of carbonyl (C=O) groups excluding carboxylic acids is 1. The van der Waals surface area contributed by atoms with Gasteiger partial charge >= 0.3 is 6.18 Å². The Morgan fingerprint density at radius 1 is 1.32 bits per heavy atom. The number of rotatable bonds is 8. The summed E-state index contributed by atoms with van der Waals surface area (Å²) in [6.45, 7) is 0.112. The van der Waals surface area contributed by atoms with Gasteiger partial charge in [0.1, 0.15) is 0 Å². The summed E-state index contributed by atoms with van der Waals surface area (Å²) in [7, 11) is 2.79. The highest BCUT2D eigenvalue weighted by molar-refractivity contribution is 5.65. The van der Waals surface area contributed by atoms with Crippen LogP contribution in [0.25, 0.3) is 0 Å². The number of hydrogen-bond acceptors (Lipinski definition) is 5. The zero-order valence-corrected chi connectivity index (χ0v) is 12.1. The van der Waals surface area contributed by atoms with E-state index in [-0.39, 0.29) is 12.1 Å². The van der Waals surface area contributed by atoms with Crippen LogP contribution in [0.3, 0.4) is 0 Å². The van der Waals surface area contributed by atoms with Gasteiger partial charge in [-0.2, -0.15) is 13.2 Å². The van der Waals surface area contributed by atoms with Gasteiger partial charge in [-0.1, -0.05) is 12.1 Å². The molecule has 1 aromatic rings. The zero-order valence-electron chi connectivity index (χ0n) is 12.1. The van der Waals surface area contributed by atoms with Crippen molar-refractivity contribution in [2.24, 2.45) is 0 Å². The number of alkyl halides is 3. The average Bonchev–Trinajstić information content (AvgIpc) is 2.46. The van der Waals surface area contributed by atoms with E-state index < -0.39 is 36.5 Å². The van der Waals surface area contributed by atoms with Crippen LogP contribution in [0.2, 0.25) is 0 Å². The summed E-state index contributed by atoms with van der Waals surface area (Å²) in [5.41, 5.74) is -0.643. The van der Waals surface area contributed by atoms with Crippen molar-refractivity contribution in [2.45, 2.75) is 24.9 Å². The SMILES string of the molecule is COC(CNC(CC(=O)[O-])c1cccc(C(F)(F)F)c1)OC. The van der Waals surface area contributed by atoms with Crippen molar-refractivity contribution in [3.8, 4) is 0 Å². The molecule has 8 heteroatoms. The third-order valence-electron chi connectivity index (χ3n) is 3.04. The third-order valence-corrected chi connectivity index (χ3v) is 3.04. The monoisotopic (exact) mass is 320 g/mol. The van der Waals surface area contributed by atoms with Gasteiger partial charge in [0.2, 0.25) is 0 Å². The maximum atomic E-state index is 12.7. The smallest absolute Gasteiger partial charge is 0.416 e. The lowest BCUT2D eigenvalue weighted by molar-refractivity contribution is -0.306. The zero-order chi connectivity index (χ0) is 16.8. The topological polar surface area (TPSA) is 70.6 Å². The lowest BCUT2D eigenvalue weighted by atomic mass is 10.0. The Bertz CT molecular complexity index is 489. The summed E-state index contributed by atoms with van der Waals surface area (Å²) in [5.74, 6) is -1.37. The molecule has 0 heterocycles. The van der Waals surface area contributed by atoms with Crippen LogP contribution in [0, 0.1) is 0 Å². The molecule has 0 fully saturated rings. The fourth-order valence-corrected chi connectivity index (χ4v) is 1.91. The second-order valence-electron chi connectivity index (χ2n) is 4.56. The molecule has 0 spiro atoms. The molecule has 22 heavy (non-hydrogen) atoms. The Labute approximate surface area is 126 Å². The van der Waals surface area contributed by atoms with Gasteiger partial charge in [0.15, 0.2) is 6.29 Å². The van der Waals surface area contributed by atoms with Gasteiger partial charge < -0.3 is 24.7 Å².